The van der Waals surface area contributed by atoms with Gasteiger partial charge in [-0.25, -0.2) is 4.98 Å². The number of rotatable bonds is 3. The second-order valence-corrected chi connectivity index (χ2v) is 4.78. The maximum absolute atomic E-state index is 10.7. The number of aromatic amines is 1. The minimum absolute atomic E-state index is 0.0767. The average Bonchev–Trinajstić information content (AvgIpc) is 3.06. The number of hydrogen-bond donors (Lipinski definition) is 2. The SMILES string of the molecule is CN(c1nc2ccc([N+](=O)[O-])cc2[nH]1)[C@@H]1CCNC1. The summed E-state index contributed by atoms with van der Waals surface area (Å²) >= 11 is 0. The Morgan fingerprint density at radius 2 is 2.37 bits per heavy atom. The molecule has 0 radical (unpaired) electrons. The van der Waals surface area contributed by atoms with Gasteiger partial charge in [0.15, 0.2) is 0 Å². The summed E-state index contributed by atoms with van der Waals surface area (Å²) < 4.78 is 0. The minimum atomic E-state index is -0.398. The summed E-state index contributed by atoms with van der Waals surface area (Å²) in [4.78, 5) is 20.1. The number of nitrogens with one attached hydrogen (secondary N) is 2. The molecule has 7 heteroatoms. The van der Waals surface area contributed by atoms with E-state index in [2.05, 4.69) is 20.2 Å². The summed E-state index contributed by atoms with van der Waals surface area (Å²) in [7, 11) is 1.99. The first-order valence-electron chi connectivity index (χ1n) is 6.23. The number of H-pyrrole nitrogens is 1. The van der Waals surface area contributed by atoms with Crippen LogP contribution in [0.2, 0.25) is 0 Å². The molecule has 1 atom stereocenters. The van der Waals surface area contributed by atoms with Crippen molar-refractivity contribution in [2.45, 2.75) is 12.5 Å². The lowest BCUT2D eigenvalue weighted by Gasteiger charge is -2.22. The van der Waals surface area contributed by atoms with Crippen molar-refractivity contribution in [3.05, 3.63) is 28.3 Å². The predicted octanol–water partition coefficient (Wildman–Crippen LogP) is 1.27. The molecule has 2 N–H and O–H groups in total. The van der Waals surface area contributed by atoms with Gasteiger partial charge in [0.05, 0.1) is 16.0 Å². The first-order chi connectivity index (χ1) is 9.15. The van der Waals surface area contributed by atoms with Gasteiger partial charge in [0.25, 0.3) is 5.69 Å². The summed E-state index contributed by atoms with van der Waals surface area (Å²) in [5, 5.41) is 14.1. The lowest BCUT2D eigenvalue weighted by Crippen LogP contribution is -2.34. The minimum Gasteiger partial charge on any atom is -0.341 e. The van der Waals surface area contributed by atoms with Crippen LogP contribution in [0.25, 0.3) is 11.0 Å². The number of hydrogen-bond acceptors (Lipinski definition) is 5. The van der Waals surface area contributed by atoms with Crippen LogP contribution in [-0.4, -0.2) is 41.1 Å². The molecule has 1 aromatic heterocycles. The third kappa shape index (κ3) is 2.12. The molecule has 1 aromatic carbocycles. The number of anilines is 1. The highest BCUT2D eigenvalue weighted by molar-refractivity contribution is 5.80. The van der Waals surface area contributed by atoms with Gasteiger partial charge in [-0.3, -0.25) is 10.1 Å². The van der Waals surface area contributed by atoms with E-state index < -0.39 is 4.92 Å². The molecule has 0 saturated carbocycles. The second kappa shape index (κ2) is 4.51. The lowest BCUT2D eigenvalue weighted by atomic mass is 10.2. The number of benzene rings is 1. The highest BCUT2D eigenvalue weighted by Crippen LogP contribution is 2.23. The molecule has 1 aliphatic rings. The van der Waals surface area contributed by atoms with Crippen LogP contribution in [0.5, 0.6) is 0 Å². The normalized spacial score (nSPS) is 18.9. The molecule has 1 saturated heterocycles. The van der Waals surface area contributed by atoms with Crippen molar-refractivity contribution in [3.63, 3.8) is 0 Å². The zero-order valence-corrected chi connectivity index (χ0v) is 10.6. The van der Waals surface area contributed by atoms with Crippen LogP contribution in [0.4, 0.5) is 11.6 Å². The van der Waals surface area contributed by atoms with Crippen LogP contribution >= 0.6 is 0 Å². The summed E-state index contributed by atoms with van der Waals surface area (Å²) in [6.07, 6.45) is 1.08. The zero-order valence-electron chi connectivity index (χ0n) is 10.6. The largest absolute Gasteiger partial charge is 0.341 e. The molecule has 1 fully saturated rings. The Kier molecular flexibility index (Phi) is 2.83. The van der Waals surface area contributed by atoms with Gasteiger partial charge in [-0.05, 0) is 19.0 Å². The molecule has 2 aromatic rings. The Morgan fingerprint density at radius 3 is 3.05 bits per heavy atom. The van der Waals surface area contributed by atoms with E-state index in [4.69, 9.17) is 0 Å². The van der Waals surface area contributed by atoms with E-state index in [9.17, 15) is 10.1 Å². The Morgan fingerprint density at radius 1 is 1.53 bits per heavy atom. The Labute approximate surface area is 109 Å². The van der Waals surface area contributed by atoms with Crippen LogP contribution in [0.1, 0.15) is 6.42 Å². The standard InChI is InChI=1S/C12H15N5O2/c1-16(9-4-5-13-7-9)12-14-10-3-2-8(17(18)19)6-11(10)15-12/h2-3,6,9,13H,4-5,7H2,1H3,(H,14,15)/t9-/m1/s1. The maximum Gasteiger partial charge on any atom is 0.271 e. The first-order valence-corrected chi connectivity index (χ1v) is 6.23. The molecular formula is C12H15N5O2. The zero-order chi connectivity index (χ0) is 13.4. The van der Waals surface area contributed by atoms with Crippen LogP contribution in [0, 0.1) is 10.1 Å². The van der Waals surface area contributed by atoms with E-state index in [-0.39, 0.29) is 5.69 Å². The van der Waals surface area contributed by atoms with E-state index >= 15 is 0 Å². The summed E-state index contributed by atoms with van der Waals surface area (Å²) in [5.74, 6) is 0.754. The van der Waals surface area contributed by atoms with Gasteiger partial charge in [0.1, 0.15) is 0 Å². The molecule has 19 heavy (non-hydrogen) atoms. The van der Waals surface area contributed by atoms with E-state index in [0.717, 1.165) is 31.0 Å². The van der Waals surface area contributed by atoms with Crippen LogP contribution in [0.15, 0.2) is 18.2 Å². The fourth-order valence-corrected chi connectivity index (χ4v) is 2.41. The van der Waals surface area contributed by atoms with E-state index in [0.29, 0.717) is 11.6 Å². The van der Waals surface area contributed by atoms with Crippen molar-refractivity contribution in [3.8, 4) is 0 Å². The van der Waals surface area contributed by atoms with Crippen molar-refractivity contribution < 1.29 is 4.92 Å². The maximum atomic E-state index is 10.7. The van der Waals surface area contributed by atoms with Crippen molar-refractivity contribution in [2.24, 2.45) is 0 Å². The number of nitrogens with zero attached hydrogens (tertiary/aromatic N) is 3. The van der Waals surface area contributed by atoms with Gasteiger partial charge in [-0.2, -0.15) is 0 Å². The van der Waals surface area contributed by atoms with Gasteiger partial charge in [0, 0.05) is 31.8 Å². The first kappa shape index (κ1) is 11.9. The predicted molar refractivity (Wildman–Crippen MR) is 72.4 cm³/mol. The third-order valence-corrected chi connectivity index (χ3v) is 3.58. The quantitative estimate of drug-likeness (QED) is 0.641. The molecule has 0 amide bonds. The van der Waals surface area contributed by atoms with Crippen molar-refractivity contribution in [2.75, 3.05) is 25.0 Å². The number of aromatic nitrogens is 2. The molecular weight excluding hydrogens is 246 g/mol. The molecule has 7 nitrogen and oxygen atoms in total. The van der Waals surface area contributed by atoms with Crippen LogP contribution < -0.4 is 10.2 Å². The molecule has 3 rings (SSSR count). The summed E-state index contributed by atoms with van der Waals surface area (Å²) in [6, 6.07) is 5.08. The average molecular weight is 261 g/mol. The topological polar surface area (TPSA) is 87.1 Å². The number of imidazole rings is 1. The third-order valence-electron chi connectivity index (χ3n) is 3.58. The molecule has 100 valence electrons. The van der Waals surface area contributed by atoms with Gasteiger partial charge < -0.3 is 15.2 Å². The molecule has 0 aliphatic carbocycles. The van der Waals surface area contributed by atoms with Crippen molar-refractivity contribution in [1.29, 1.82) is 0 Å². The monoisotopic (exact) mass is 261 g/mol. The highest BCUT2D eigenvalue weighted by Gasteiger charge is 2.21. The lowest BCUT2D eigenvalue weighted by molar-refractivity contribution is -0.384. The van der Waals surface area contributed by atoms with Gasteiger partial charge in [0.2, 0.25) is 5.95 Å². The summed E-state index contributed by atoms with van der Waals surface area (Å²) in [6.45, 7) is 1.95. The van der Waals surface area contributed by atoms with Crippen LogP contribution in [0.3, 0.4) is 0 Å². The van der Waals surface area contributed by atoms with E-state index in [1.807, 2.05) is 7.05 Å². The van der Waals surface area contributed by atoms with E-state index in [1.54, 1.807) is 6.07 Å². The Bertz CT molecular complexity index is 618. The second-order valence-electron chi connectivity index (χ2n) is 4.78. The number of nitro groups is 1. The molecule has 0 unspecified atom stereocenters. The van der Waals surface area contributed by atoms with Gasteiger partial charge >= 0.3 is 0 Å². The Hall–Kier alpha value is -2.15. The number of nitro benzene ring substituents is 1. The van der Waals surface area contributed by atoms with Gasteiger partial charge in [-0.1, -0.05) is 0 Å². The van der Waals surface area contributed by atoms with Crippen LogP contribution in [-0.2, 0) is 0 Å². The smallest absolute Gasteiger partial charge is 0.271 e. The number of non-ortho nitro benzene ring substituents is 1. The fraction of sp³-hybridized carbons (Fsp3) is 0.417. The molecule has 1 aliphatic heterocycles. The summed E-state index contributed by atoms with van der Waals surface area (Å²) in [5.41, 5.74) is 1.52. The Balaban J connectivity index is 1.94. The number of fused-ring (bicyclic) bond motifs is 1. The van der Waals surface area contributed by atoms with Crippen molar-refractivity contribution in [1.82, 2.24) is 15.3 Å². The number of likely N-dealkylation sites (N-methyl/N-ethyl adjacent to an activating group) is 1. The fourth-order valence-electron chi connectivity index (χ4n) is 2.41. The van der Waals surface area contributed by atoms with Gasteiger partial charge in [-0.15, -0.1) is 0 Å². The van der Waals surface area contributed by atoms with Crippen molar-refractivity contribution >= 4 is 22.7 Å². The molecule has 0 spiro atoms. The molecule has 0 bridgehead atoms. The highest BCUT2D eigenvalue weighted by atomic mass is 16.6. The molecule has 2 heterocycles. The van der Waals surface area contributed by atoms with E-state index in [1.165, 1.54) is 12.1 Å².